The summed E-state index contributed by atoms with van der Waals surface area (Å²) in [4.78, 5) is 23.4. The van der Waals surface area contributed by atoms with Gasteiger partial charge in [0, 0.05) is 22.7 Å². The average molecular weight is 444 g/mol. The first-order valence-corrected chi connectivity index (χ1v) is 10.6. The number of benzene rings is 2. The second kappa shape index (κ2) is 8.59. The Morgan fingerprint density at radius 3 is 2.39 bits per heavy atom. The highest BCUT2D eigenvalue weighted by Crippen LogP contribution is 2.38. The van der Waals surface area contributed by atoms with E-state index in [9.17, 15) is 14.0 Å². The highest BCUT2D eigenvalue weighted by atomic mass is 35.5. The molecule has 0 atom stereocenters. The summed E-state index contributed by atoms with van der Waals surface area (Å²) in [7, 11) is 0. The van der Waals surface area contributed by atoms with Crippen LogP contribution >= 0.6 is 11.6 Å². The van der Waals surface area contributed by atoms with E-state index in [2.05, 4.69) is 0 Å². The molecule has 31 heavy (non-hydrogen) atoms. The molecule has 8 heteroatoms. The fraction of sp³-hybridized carbons (Fsp3) is 0.304. The van der Waals surface area contributed by atoms with Crippen LogP contribution in [0.5, 0.6) is 5.75 Å². The van der Waals surface area contributed by atoms with E-state index >= 15 is 0 Å². The Morgan fingerprint density at radius 1 is 1.03 bits per heavy atom. The molecule has 1 aliphatic rings. The molecule has 0 radical (unpaired) electrons. The van der Waals surface area contributed by atoms with Crippen LogP contribution in [0.2, 0.25) is 5.02 Å². The van der Waals surface area contributed by atoms with Crippen LogP contribution in [0, 0.1) is 5.82 Å². The third-order valence-electron chi connectivity index (χ3n) is 5.76. The maximum atomic E-state index is 14.6. The molecule has 0 spiro atoms. The predicted octanol–water partition coefficient (Wildman–Crippen LogP) is 5.23. The zero-order valence-electron chi connectivity index (χ0n) is 16.9. The molecule has 1 fully saturated rings. The van der Waals surface area contributed by atoms with E-state index < -0.39 is 17.8 Å². The van der Waals surface area contributed by atoms with E-state index in [1.807, 2.05) is 6.07 Å². The highest BCUT2D eigenvalue weighted by molar-refractivity contribution is 6.34. The lowest BCUT2D eigenvalue weighted by atomic mass is 10.0. The van der Waals surface area contributed by atoms with Gasteiger partial charge in [0.05, 0.1) is 22.2 Å². The number of halogens is 2. The summed E-state index contributed by atoms with van der Waals surface area (Å²) < 4.78 is 22.1. The quantitative estimate of drug-likeness (QED) is 0.540. The zero-order chi connectivity index (χ0) is 22.1. The average Bonchev–Trinajstić information content (AvgIpc) is 2.91. The largest absolute Gasteiger partial charge is 0.490 e. The van der Waals surface area contributed by atoms with Gasteiger partial charge in [-0.2, -0.15) is 0 Å². The lowest BCUT2D eigenvalue weighted by Gasteiger charge is -2.17. The van der Waals surface area contributed by atoms with Crippen molar-refractivity contribution >= 4 is 34.4 Å². The van der Waals surface area contributed by atoms with E-state index in [-0.39, 0.29) is 16.7 Å². The molecule has 2 aromatic carbocycles. The van der Waals surface area contributed by atoms with Crippen molar-refractivity contribution in [2.75, 3.05) is 0 Å². The Bertz CT molecular complexity index is 1170. The molecule has 6 nitrogen and oxygen atoms in total. The number of rotatable bonds is 4. The van der Waals surface area contributed by atoms with Crippen molar-refractivity contribution < 1.29 is 18.7 Å². The maximum Gasteiger partial charge on any atom is 0.323 e. The second-order valence-electron chi connectivity index (χ2n) is 7.81. The molecule has 1 saturated carbocycles. The zero-order valence-corrected chi connectivity index (χ0v) is 17.6. The van der Waals surface area contributed by atoms with Gasteiger partial charge in [-0.25, -0.2) is 9.18 Å². The first-order chi connectivity index (χ1) is 14.9. The topological polar surface area (TPSA) is 100 Å². The Morgan fingerprint density at radius 2 is 1.74 bits per heavy atom. The van der Waals surface area contributed by atoms with Crippen molar-refractivity contribution in [2.45, 2.75) is 44.6 Å². The molecule has 4 rings (SSSR count). The molecule has 0 unspecified atom stereocenters. The number of nitrogens with two attached hydrogens (primary N) is 2. The number of nitrogens with zero attached hydrogens (tertiary/aromatic N) is 1. The van der Waals surface area contributed by atoms with E-state index in [0.29, 0.717) is 27.8 Å². The molecule has 0 bridgehead atoms. The molecule has 3 aromatic rings. The Labute approximate surface area is 183 Å². The maximum absolute atomic E-state index is 14.6. The standard InChI is InChI=1S/C23H23ClFN3O3/c24-20-15(8-9-16(21(20)25)22(26)29)18-12-28(23(27)30)19-10-7-14(11-17(18)19)31-13-5-3-1-2-4-6-13/h7-13H,1-6H2,(H2,26,29)(H2,27,30). The van der Waals surface area contributed by atoms with Gasteiger partial charge >= 0.3 is 6.03 Å². The minimum atomic E-state index is -0.912. The molecule has 4 N–H and O–H groups in total. The van der Waals surface area contributed by atoms with Crippen LogP contribution in [0.3, 0.4) is 0 Å². The molecule has 0 saturated heterocycles. The Balaban J connectivity index is 1.82. The van der Waals surface area contributed by atoms with Gasteiger partial charge in [0.15, 0.2) is 5.82 Å². The summed E-state index contributed by atoms with van der Waals surface area (Å²) in [6.45, 7) is 0. The number of fused-ring (bicyclic) bond motifs is 1. The number of hydrogen-bond acceptors (Lipinski definition) is 3. The van der Waals surface area contributed by atoms with Gasteiger partial charge in [0.25, 0.3) is 5.91 Å². The van der Waals surface area contributed by atoms with Gasteiger partial charge < -0.3 is 16.2 Å². The highest BCUT2D eigenvalue weighted by Gasteiger charge is 2.21. The van der Waals surface area contributed by atoms with Gasteiger partial charge in [-0.1, -0.05) is 30.5 Å². The summed E-state index contributed by atoms with van der Waals surface area (Å²) in [5, 5.41) is 0.382. The van der Waals surface area contributed by atoms with Crippen LogP contribution in [-0.4, -0.2) is 22.6 Å². The molecule has 1 aromatic heterocycles. The third kappa shape index (κ3) is 4.10. The van der Waals surface area contributed by atoms with E-state index in [1.165, 1.54) is 35.7 Å². The number of primary amides is 2. The van der Waals surface area contributed by atoms with Crippen molar-refractivity contribution in [1.29, 1.82) is 0 Å². The fourth-order valence-corrected chi connectivity index (χ4v) is 4.45. The molecule has 0 aliphatic heterocycles. The van der Waals surface area contributed by atoms with Crippen molar-refractivity contribution in [3.05, 3.63) is 52.9 Å². The summed E-state index contributed by atoms with van der Waals surface area (Å²) in [6, 6.07) is 7.46. The summed E-state index contributed by atoms with van der Waals surface area (Å²) in [5.41, 5.74) is 11.8. The van der Waals surface area contributed by atoms with Crippen molar-refractivity contribution in [3.63, 3.8) is 0 Å². The van der Waals surface area contributed by atoms with E-state index in [0.717, 1.165) is 25.7 Å². The second-order valence-corrected chi connectivity index (χ2v) is 8.19. The predicted molar refractivity (Wildman–Crippen MR) is 118 cm³/mol. The minimum absolute atomic E-state index is 0.137. The van der Waals surface area contributed by atoms with Gasteiger partial charge in [0.2, 0.25) is 0 Å². The number of carbonyl (C=O) groups is 2. The van der Waals surface area contributed by atoms with Gasteiger partial charge in [0.1, 0.15) is 5.75 Å². The van der Waals surface area contributed by atoms with Crippen molar-refractivity contribution in [1.82, 2.24) is 4.57 Å². The van der Waals surface area contributed by atoms with Crippen LogP contribution in [0.15, 0.2) is 36.5 Å². The SMILES string of the molecule is NC(=O)c1ccc(-c2cn(C(N)=O)c3ccc(OC4CCCCCC4)cc23)c(Cl)c1F. The number of aromatic nitrogens is 1. The van der Waals surface area contributed by atoms with Crippen LogP contribution in [-0.2, 0) is 0 Å². The van der Waals surface area contributed by atoms with E-state index in [4.69, 9.17) is 27.8 Å². The van der Waals surface area contributed by atoms with Gasteiger partial charge in [-0.3, -0.25) is 9.36 Å². The van der Waals surface area contributed by atoms with Gasteiger partial charge in [-0.05, 0) is 49.9 Å². The van der Waals surface area contributed by atoms with E-state index in [1.54, 1.807) is 12.1 Å². The molecule has 1 aliphatic carbocycles. The Kier molecular flexibility index (Phi) is 5.87. The monoisotopic (exact) mass is 443 g/mol. The molecular formula is C23H23ClFN3O3. The fourth-order valence-electron chi connectivity index (χ4n) is 4.18. The number of hydrogen-bond donors (Lipinski definition) is 2. The third-order valence-corrected chi connectivity index (χ3v) is 6.13. The Hall–Kier alpha value is -3.06. The van der Waals surface area contributed by atoms with Crippen molar-refractivity contribution in [3.8, 4) is 16.9 Å². The smallest absolute Gasteiger partial charge is 0.323 e. The molecule has 2 amide bonds. The van der Waals surface area contributed by atoms with Crippen LogP contribution in [0.25, 0.3) is 22.0 Å². The molecule has 1 heterocycles. The summed E-state index contributed by atoms with van der Waals surface area (Å²) in [6.07, 6.45) is 8.35. The first-order valence-electron chi connectivity index (χ1n) is 10.3. The van der Waals surface area contributed by atoms with Crippen molar-refractivity contribution in [2.24, 2.45) is 11.5 Å². The summed E-state index contributed by atoms with van der Waals surface area (Å²) in [5.74, 6) is -1.16. The van der Waals surface area contributed by atoms with Crippen LogP contribution < -0.4 is 16.2 Å². The van der Waals surface area contributed by atoms with Gasteiger partial charge in [-0.15, -0.1) is 0 Å². The summed E-state index contributed by atoms with van der Waals surface area (Å²) >= 11 is 6.24. The first kappa shape index (κ1) is 21.2. The molecular weight excluding hydrogens is 421 g/mol. The number of carbonyl (C=O) groups excluding carboxylic acids is 2. The van der Waals surface area contributed by atoms with Crippen LogP contribution in [0.1, 0.15) is 48.9 Å². The lowest BCUT2D eigenvalue weighted by molar-refractivity contribution is 0.0996. The molecule has 162 valence electrons. The van der Waals surface area contributed by atoms with Crippen LogP contribution in [0.4, 0.5) is 9.18 Å². The normalized spacial score (nSPS) is 15.0. The lowest BCUT2D eigenvalue weighted by Crippen LogP contribution is -2.18. The number of ether oxygens (including phenoxy) is 1. The number of amides is 2. The minimum Gasteiger partial charge on any atom is -0.490 e.